The largest absolute Gasteiger partial charge is 0.467 e. The van der Waals surface area contributed by atoms with Gasteiger partial charge in [0, 0.05) is 28.4 Å². The summed E-state index contributed by atoms with van der Waals surface area (Å²) in [6.07, 6.45) is 1.96. The highest BCUT2D eigenvalue weighted by molar-refractivity contribution is 6.22. The van der Waals surface area contributed by atoms with Crippen molar-refractivity contribution in [1.29, 1.82) is 0 Å². The van der Waals surface area contributed by atoms with Crippen molar-refractivity contribution in [2.45, 2.75) is 31.7 Å². The van der Waals surface area contributed by atoms with E-state index in [2.05, 4.69) is 11.6 Å². The first kappa shape index (κ1) is 20.6. The van der Waals surface area contributed by atoms with Gasteiger partial charge in [0.2, 0.25) is 0 Å². The van der Waals surface area contributed by atoms with Crippen LogP contribution in [0.1, 0.15) is 45.8 Å². The number of para-hydroxylation sites is 1. The number of ether oxygens (including phenoxy) is 1. The summed E-state index contributed by atoms with van der Waals surface area (Å²) in [5.74, 6) is -1.61. The Balaban J connectivity index is 1.84. The van der Waals surface area contributed by atoms with Crippen molar-refractivity contribution in [2.24, 2.45) is 0 Å². The Bertz CT molecular complexity index is 1190. The summed E-state index contributed by atoms with van der Waals surface area (Å²) in [6, 6.07) is 13.3. The van der Waals surface area contributed by atoms with E-state index in [1.54, 1.807) is 24.3 Å². The number of benzene rings is 2. The fourth-order valence-electron chi connectivity index (χ4n) is 4.16. The molecule has 1 aromatic heterocycles. The van der Waals surface area contributed by atoms with Crippen LogP contribution in [0.25, 0.3) is 10.9 Å². The molecule has 0 fully saturated rings. The third kappa shape index (κ3) is 3.24. The number of aromatic amines is 1. The van der Waals surface area contributed by atoms with Crippen LogP contribution in [0.3, 0.4) is 0 Å². The van der Waals surface area contributed by atoms with Gasteiger partial charge in [-0.15, -0.1) is 6.58 Å². The maximum Gasteiger partial charge on any atom is 0.329 e. The van der Waals surface area contributed by atoms with Crippen molar-refractivity contribution in [3.05, 3.63) is 83.6 Å². The van der Waals surface area contributed by atoms with Crippen molar-refractivity contribution in [2.75, 3.05) is 7.11 Å². The van der Waals surface area contributed by atoms with Gasteiger partial charge in [-0.1, -0.05) is 50.3 Å². The normalized spacial score (nSPS) is 14.6. The van der Waals surface area contributed by atoms with Crippen LogP contribution in [0.2, 0.25) is 0 Å². The number of H-pyrrole nitrogens is 1. The smallest absolute Gasteiger partial charge is 0.329 e. The van der Waals surface area contributed by atoms with E-state index in [1.807, 2.05) is 44.2 Å². The lowest BCUT2D eigenvalue weighted by atomic mass is 9.85. The number of carbonyl (C=O) groups is 3. The van der Waals surface area contributed by atoms with E-state index in [-0.39, 0.29) is 6.42 Å². The lowest BCUT2D eigenvalue weighted by Gasteiger charge is -2.26. The first-order valence-electron chi connectivity index (χ1n) is 10.1. The molecule has 2 heterocycles. The second-order valence-electron chi connectivity index (χ2n) is 8.22. The summed E-state index contributed by atoms with van der Waals surface area (Å²) >= 11 is 0. The molecule has 1 N–H and O–H groups in total. The number of amides is 2. The van der Waals surface area contributed by atoms with Gasteiger partial charge in [0.05, 0.1) is 18.2 Å². The Morgan fingerprint density at radius 1 is 1.10 bits per heavy atom. The molecule has 0 bridgehead atoms. The van der Waals surface area contributed by atoms with Gasteiger partial charge in [0.25, 0.3) is 11.8 Å². The summed E-state index contributed by atoms with van der Waals surface area (Å²) < 4.78 is 5.02. The molecule has 4 rings (SSSR count). The van der Waals surface area contributed by atoms with Gasteiger partial charge in [-0.3, -0.25) is 14.5 Å². The van der Waals surface area contributed by atoms with Crippen LogP contribution in [0, 0.1) is 0 Å². The number of aromatic nitrogens is 1. The van der Waals surface area contributed by atoms with Gasteiger partial charge < -0.3 is 9.72 Å². The van der Waals surface area contributed by atoms with Gasteiger partial charge in [-0.25, -0.2) is 4.79 Å². The van der Waals surface area contributed by atoms with Gasteiger partial charge in [-0.05, 0) is 23.8 Å². The second kappa shape index (κ2) is 7.54. The van der Waals surface area contributed by atoms with E-state index in [4.69, 9.17) is 4.74 Å². The Morgan fingerprint density at radius 2 is 1.68 bits per heavy atom. The van der Waals surface area contributed by atoms with Crippen molar-refractivity contribution < 1.29 is 19.1 Å². The molecule has 0 spiro atoms. The highest BCUT2D eigenvalue weighted by Crippen LogP contribution is 2.35. The quantitative estimate of drug-likeness (QED) is 0.374. The van der Waals surface area contributed by atoms with Crippen LogP contribution in [0.5, 0.6) is 0 Å². The average molecular weight is 416 g/mol. The van der Waals surface area contributed by atoms with E-state index in [0.717, 1.165) is 27.1 Å². The SMILES string of the molecule is C=CC(C)(C)c1[nH]c2ccccc2c1C[C@@H](C(=O)OC)N1C(=O)c2ccccc2C1=O. The number of esters is 1. The van der Waals surface area contributed by atoms with E-state index in [0.29, 0.717) is 11.1 Å². The molecule has 1 atom stereocenters. The minimum Gasteiger partial charge on any atom is -0.467 e. The van der Waals surface area contributed by atoms with E-state index < -0.39 is 29.2 Å². The fraction of sp³-hybridized carbons (Fsp3) is 0.240. The van der Waals surface area contributed by atoms with E-state index in [1.165, 1.54) is 7.11 Å². The van der Waals surface area contributed by atoms with Crippen LogP contribution < -0.4 is 0 Å². The molecule has 0 radical (unpaired) electrons. The Labute approximate surface area is 180 Å². The zero-order valence-corrected chi connectivity index (χ0v) is 17.8. The standard InChI is InChI=1S/C25H24N2O4/c1-5-25(2,3)21-18(15-10-8-9-13-19(15)26-21)14-20(24(30)31-4)27-22(28)16-11-6-7-12-17(16)23(27)29/h5-13,20,26H,1,14H2,2-4H3/t20-/m0/s1. The summed E-state index contributed by atoms with van der Waals surface area (Å²) in [6.45, 7) is 7.98. The number of methoxy groups -OCH3 is 1. The zero-order valence-electron chi connectivity index (χ0n) is 17.8. The first-order chi connectivity index (χ1) is 14.8. The number of rotatable bonds is 6. The molecule has 2 aromatic carbocycles. The number of fused-ring (bicyclic) bond motifs is 2. The maximum absolute atomic E-state index is 13.1. The predicted molar refractivity (Wildman–Crippen MR) is 118 cm³/mol. The van der Waals surface area contributed by atoms with Crippen LogP contribution in [-0.4, -0.2) is 40.8 Å². The molecule has 0 saturated carbocycles. The van der Waals surface area contributed by atoms with E-state index in [9.17, 15) is 14.4 Å². The summed E-state index contributed by atoms with van der Waals surface area (Å²) in [5, 5.41) is 0.929. The summed E-state index contributed by atoms with van der Waals surface area (Å²) in [7, 11) is 1.26. The number of nitrogens with one attached hydrogen (secondary N) is 1. The lowest BCUT2D eigenvalue weighted by molar-refractivity contribution is -0.145. The first-order valence-corrected chi connectivity index (χ1v) is 10.1. The monoisotopic (exact) mass is 416 g/mol. The van der Waals surface area contributed by atoms with Crippen LogP contribution in [0.15, 0.2) is 61.2 Å². The fourth-order valence-corrected chi connectivity index (χ4v) is 4.16. The molecule has 0 unspecified atom stereocenters. The summed E-state index contributed by atoms with van der Waals surface area (Å²) in [4.78, 5) is 43.4. The maximum atomic E-state index is 13.1. The number of nitrogens with zero attached hydrogens (tertiary/aromatic N) is 1. The molecule has 6 nitrogen and oxygen atoms in total. The van der Waals surface area contributed by atoms with Crippen molar-refractivity contribution in [1.82, 2.24) is 9.88 Å². The van der Waals surface area contributed by atoms with Crippen LogP contribution in [0.4, 0.5) is 0 Å². The summed E-state index contributed by atoms with van der Waals surface area (Å²) in [5.41, 5.74) is 2.82. The number of allylic oxidation sites excluding steroid dienone is 1. The van der Waals surface area contributed by atoms with Crippen molar-refractivity contribution in [3.8, 4) is 0 Å². The van der Waals surface area contributed by atoms with Gasteiger partial charge in [-0.2, -0.15) is 0 Å². The molecule has 31 heavy (non-hydrogen) atoms. The highest BCUT2D eigenvalue weighted by Gasteiger charge is 2.44. The molecule has 158 valence electrons. The van der Waals surface area contributed by atoms with Crippen molar-refractivity contribution in [3.63, 3.8) is 0 Å². The molecule has 6 heteroatoms. The highest BCUT2D eigenvalue weighted by atomic mass is 16.5. The average Bonchev–Trinajstić information content (AvgIpc) is 3.28. The van der Waals surface area contributed by atoms with Gasteiger partial charge in [0.1, 0.15) is 6.04 Å². The number of hydrogen-bond acceptors (Lipinski definition) is 4. The number of hydrogen-bond donors (Lipinski definition) is 1. The molecule has 3 aromatic rings. The number of imide groups is 1. The lowest BCUT2D eigenvalue weighted by Crippen LogP contribution is -2.47. The molecule has 1 aliphatic rings. The molecular weight excluding hydrogens is 392 g/mol. The Morgan fingerprint density at radius 3 is 2.26 bits per heavy atom. The van der Waals surface area contributed by atoms with Gasteiger partial charge in [0.15, 0.2) is 0 Å². The Kier molecular flexibility index (Phi) is 5.01. The minimum absolute atomic E-state index is 0.134. The van der Waals surface area contributed by atoms with Gasteiger partial charge >= 0.3 is 5.97 Å². The predicted octanol–water partition coefficient (Wildman–Crippen LogP) is 4.01. The molecule has 0 saturated heterocycles. The van der Waals surface area contributed by atoms with Crippen LogP contribution >= 0.6 is 0 Å². The van der Waals surface area contributed by atoms with Crippen molar-refractivity contribution >= 4 is 28.7 Å². The molecule has 2 amide bonds. The molecular formula is C25H24N2O4. The molecule has 1 aliphatic heterocycles. The van der Waals surface area contributed by atoms with Crippen LogP contribution in [-0.2, 0) is 21.4 Å². The third-order valence-electron chi connectivity index (χ3n) is 5.98. The topological polar surface area (TPSA) is 79.5 Å². The Hall–Kier alpha value is -3.67. The minimum atomic E-state index is -1.09. The second-order valence-corrected chi connectivity index (χ2v) is 8.22. The zero-order chi connectivity index (χ0) is 22.3. The van der Waals surface area contributed by atoms with E-state index >= 15 is 0 Å². The number of carbonyl (C=O) groups excluding carboxylic acids is 3. The molecule has 0 aliphatic carbocycles. The third-order valence-corrected chi connectivity index (χ3v) is 5.98.